The van der Waals surface area contributed by atoms with Crippen LogP contribution in [-0.4, -0.2) is 23.2 Å². The highest BCUT2D eigenvalue weighted by Crippen LogP contribution is 2.36. The van der Waals surface area contributed by atoms with Crippen LogP contribution in [-0.2, 0) is 11.2 Å². The van der Waals surface area contributed by atoms with Crippen LogP contribution in [0, 0.1) is 0 Å². The maximum absolute atomic E-state index is 5.65. The Kier molecular flexibility index (Phi) is 4.76. The first-order chi connectivity index (χ1) is 12.8. The Labute approximate surface area is 159 Å². The topological polar surface area (TPSA) is 37.0 Å². The van der Waals surface area contributed by atoms with Gasteiger partial charge in [-0.15, -0.1) is 0 Å². The van der Waals surface area contributed by atoms with Crippen molar-refractivity contribution in [3.8, 4) is 0 Å². The van der Waals surface area contributed by atoms with E-state index in [2.05, 4.69) is 64.9 Å². The zero-order valence-corrected chi connectivity index (χ0v) is 15.6. The molecule has 0 fully saturated rings. The zero-order chi connectivity index (χ0) is 17.9. The maximum Gasteiger partial charge on any atom is 0.194 e. The molecule has 0 saturated carbocycles. The summed E-state index contributed by atoms with van der Waals surface area (Å²) in [7, 11) is 0. The highest BCUT2D eigenvalue weighted by atomic mass is 32.1. The minimum Gasteiger partial charge on any atom is -0.483 e. The smallest absolute Gasteiger partial charge is 0.194 e. The summed E-state index contributed by atoms with van der Waals surface area (Å²) < 4.78 is 5.65. The first kappa shape index (κ1) is 16.9. The average Bonchev–Trinajstić information content (AvgIpc) is 2.95. The Morgan fingerprint density at radius 3 is 2.69 bits per heavy atom. The van der Waals surface area contributed by atoms with Crippen LogP contribution in [0.2, 0.25) is 0 Å². The number of rotatable bonds is 4. The number of fused-ring (bicyclic) bond motifs is 3. The van der Waals surface area contributed by atoms with Crippen LogP contribution in [0.3, 0.4) is 0 Å². The highest BCUT2D eigenvalue weighted by molar-refractivity contribution is 7.81. The molecule has 3 nitrogen and oxygen atoms in total. The summed E-state index contributed by atoms with van der Waals surface area (Å²) in [6, 6.07) is 19.1. The van der Waals surface area contributed by atoms with E-state index in [4.69, 9.17) is 17.0 Å². The molecular weight excluding hydrogens is 340 g/mol. The van der Waals surface area contributed by atoms with E-state index in [1.807, 2.05) is 13.1 Å². The van der Waals surface area contributed by atoms with Gasteiger partial charge in [0.2, 0.25) is 0 Å². The van der Waals surface area contributed by atoms with E-state index in [-0.39, 0.29) is 0 Å². The van der Waals surface area contributed by atoms with Gasteiger partial charge in [0.25, 0.3) is 0 Å². The predicted molar refractivity (Wildman–Crippen MR) is 111 cm³/mol. The molecule has 3 aromatic rings. The molecule has 1 aliphatic heterocycles. The van der Waals surface area contributed by atoms with Gasteiger partial charge in [-0.05, 0) is 42.8 Å². The molecule has 4 heteroatoms. The number of para-hydroxylation sites is 1. The molecule has 26 heavy (non-hydrogen) atoms. The Morgan fingerprint density at radius 2 is 1.88 bits per heavy atom. The molecule has 0 saturated heterocycles. The van der Waals surface area contributed by atoms with Gasteiger partial charge in [-0.3, -0.25) is 0 Å². The zero-order valence-electron chi connectivity index (χ0n) is 14.8. The molecule has 0 aliphatic carbocycles. The summed E-state index contributed by atoms with van der Waals surface area (Å²) in [4.78, 5) is 3.59. The molecule has 0 spiro atoms. The van der Waals surface area contributed by atoms with Crippen molar-refractivity contribution in [2.24, 2.45) is 0 Å². The van der Waals surface area contributed by atoms with Crippen molar-refractivity contribution in [3.63, 3.8) is 0 Å². The van der Waals surface area contributed by atoms with Crippen LogP contribution < -0.4 is 5.32 Å². The highest BCUT2D eigenvalue weighted by Gasteiger charge is 2.27. The fourth-order valence-corrected chi connectivity index (χ4v) is 4.00. The fraction of sp³-hybridized carbons (Fsp3) is 0.227. The van der Waals surface area contributed by atoms with Crippen LogP contribution in [0.25, 0.3) is 16.5 Å². The van der Waals surface area contributed by atoms with Crippen molar-refractivity contribution in [3.05, 3.63) is 77.6 Å². The molecule has 2 aromatic carbocycles. The third-order valence-electron chi connectivity index (χ3n) is 4.85. The van der Waals surface area contributed by atoms with Gasteiger partial charge in [0.15, 0.2) is 5.05 Å². The van der Waals surface area contributed by atoms with Gasteiger partial charge in [-0.1, -0.05) is 48.5 Å². The normalized spacial score (nSPS) is 16.3. The predicted octanol–water partition coefficient (Wildman–Crippen LogP) is 4.80. The summed E-state index contributed by atoms with van der Waals surface area (Å²) >= 11 is 5.53. The van der Waals surface area contributed by atoms with Crippen molar-refractivity contribution in [2.75, 3.05) is 13.2 Å². The molecule has 1 atom stereocenters. The number of thiocarbonyl (C=S) groups is 1. The Balaban J connectivity index is 1.82. The van der Waals surface area contributed by atoms with Crippen molar-refractivity contribution in [1.29, 1.82) is 0 Å². The van der Waals surface area contributed by atoms with E-state index >= 15 is 0 Å². The van der Waals surface area contributed by atoms with Gasteiger partial charge in [-0.2, -0.15) is 0 Å². The number of hydrogen-bond acceptors (Lipinski definition) is 3. The molecule has 1 aromatic heterocycles. The lowest BCUT2D eigenvalue weighted by molar-refractivity contribution is 0.340. The van der Waals surface area contributed by atoms with E-state index < -0.39 is 0 Å². The maximum atomic E-state index is 5.65. The molecule has 0 bridgehead atoms. The lowest BCUT2D eigenvalue weighted by Crippen LogP contribution is -2.17. The van der Waals surface area contributed by atoms with E-state index in [1.165, 1.54) is 16.5 Å². The van der Waals surface area contributed by atoms with E-state index in [0.717, 1.165) is 29.7 Å². The molecule has 0 amide bonds. The standard InChI is InChI=1S/C22H22N2OS/c1-2-25-22(26)18-14-23-13-16(12-15-8-4-3-5-9-15)20-17-10-6-7-11-19(17)24-21(18)20/h3-11,14,16,23-24H,2,12-13H2,1H3. The fourth-order valence-electron chi connectivity index (χ4n) is 3.72. The monoisotopic (exact) mass is 362 g/mol. The van der Waals surface area contributed by atoms with Crippen LogP contribution in [0.4, 0.5) is 0 Å². The van der Waals surface area contributed by atoms with Crippen LogP contribution in [0.5, 0.6) is 0 Å². The number of H-pyrrole nitrogens is 1. The number of aromatic amines is 1. The lowest BCUT2D eigenvalue weighted by atomic mass is 9.89. The largest absolute Gasteiger partial charge is 0.483 e. The molecule has 132 valence electrons. The SMILES string of the molecule is CCOC(=S)C1=CNCC(Cc2ccccc2)c2c1[nH]c1ccccc21. The minimum atomic E-state index is 0.349. The molecule has 2 N–H and O–H groups in total. The van der Waals surface area contributed by atoms with Crippen LogP contribution in [0.15, 0.2) is 60.8 Å². The van der Waals surface area contributed by atoms with Crippen molar-refractivity contribution < 1.29 is 4.74 Å². The Morgan fingerprint density at radius 1 is 1.12 bits per heavy atom. The number of aromatic nitrogens is 1. The number of ether oxygens (including phenoxy) is 1. The summed E-state index contributed by atoms with van der Waals surface area (Å²) in [5, 5.41) is 5.25. The van der Waals surface area contributed by atoms with Crippen LogP contribution in [0.1, 0.15) is 29.7 Å². The molecule has 1 unspecified atom stereocenters. The molecule has 1 aliphatic rings. The van der Waals surface area contributed by atoms with E-state index in [1.54, 1.807) is 0 Å². The lowest BCUT2D eigenvalue weighted by Gasteiger charge is -2.17. The second kappa shape index (κ2) is 7.34. The molecule has 0 radical (unpaired) electrons. The summed E-state index contributed by atoms with van der Waals surface area (Å²) in [6.45, 7) is 3.39. The Hall–Kier alpha value is -2.59. The van der Waals surface area contributed by atoms with Gasteiger partial charge < -0.3 is 15.0 Å². The number of nitrogens with one attached hydrogen (secondary N) is 2. The second-order valence-corrected chi connectivity index (χ2v) is 6.90. The van der Waals surface area contributed by atoms with Crippen molar-refractivity contribution in [1.82, 2.24) is 10.3 Å². The van der Waals surface area contributed by atoms with Gasteiger partial charge >= 0.3 is 0 Å². The Bertz CT molecular complexity index is 959. The van der Waals surface area contributed by atoms with Crippen LogP contribution >= 0.6 is 12.2 Å². The summed E-state index contributed by atoms with van der Waals surface area (Å²) in [5.41, 5.74) is 5.82. The van der Waals surface area contributed by atoms with Gasteiger partial charge in [0.1, 0.15) is 0 Å². The second-order valence-electron chi connectivity index (χ2n) is 6.53. The third-order valence-corrected chi connectivity index (χ3v) is 5.19. The quantitative estimate of drug-likeness (QED) is 0.655. The van der Waals surface area contributed by atoms with E-state index in [0.29, 0.717) is 17.6 Å². The average molecular weight is 362 g/mol. The van der Waals surface area contributed by atoms with Crippen molar-refractivity contribution in [2.45, 2.75) is 19.3 Å². The summed E-state index contributed by atoms with van der Waals surface area (Å²) in [5.74, 6) is 0.349. The molecular formula is C22H22N2OS. The molecule has 4 rings (SSSR count). The molecule has 2 heterocycles. The first-order valence-electron chi connectivity index (χ1n) is 9.03. The van der Waals surface area contributed by atoms with Crippen molar-refractivity contribution >= 4 is 33.7 Å². The van der Waals surface area contributed by atoms with Gasteiger partial charge in [-0.25, -0.2) is 0 Å². The third kappa shape index (κ3) is 3.13. The summed E-state index contributed by atoms with van der Waals surface area (Å²) in [6.07, 6.45) is 2.97. The first-order valence-corrected chi connectivity index (χ1v) is 9.44. The number of benzene rings is 2. The van der Waals surface area contributed by atoms with Gasteiger partial charge in [0, 0.05) is 29.6 Å². The van der Waals surface area contributed by atoms with Gasteiger partial charge in [0.05, 0.1) is 17.9 Å². The number of hydrogen-bond donors (Lipinski definition) is 2. The van der Waals surface area contributed by atoms with E-state index in [9.17, 15) is 0 Å². The minimum absolute atomic E-state index is 0.349.